The van der Waals surface area contributed by atoms with Crippen molar-refractivity contribution >= 4 is 34.7 Å². The molecular formula is C14H15NO5S. The Hall–Kier alpha value is -1.63. The molecule has 3 atom stereocenters. The van der Waals surface area contributed by atoms with Crippen molar-refractivity contribution in [2.75, 3.05) is 5.75 Å². The topological polar surface area (TPSA) is 80.8 Å². The van der Waals surface area contributed by atoms with Gasteiger partial charge < -0.3 is 4.84 Å². The lowest BCUT2D eigenvalue weighted by molar-refractivity contribution is -0.195. The van der Waals surface area contributed by atoms with E-state index < -0.39 is 17.8 Å². The van der Waals surface area contributed by atoms with Gasteiger partial charge in [0.2, 0.25) is 0 Å². The third-order valence-corrected chi connectivity index (χ3v) is 5.08. The van der Waals surface area contributed by atoms with Crippen molar-refractivity contribution in [3.63, 3.8) is 0 Å². The van der Waals surface area contributed by atoms with Gasteiger partial charge >= 0.3 is 5.97 Å². The largest absolute Gasteiger partial charge is 0.343 e. The lowest BCUT2D eigenvalue weighted by Gasteiger charge is -2.16. The maximum absolute atomic E-state index is 12.1. The van der Waals surface area contributed by atoms with Crippen molar-refractivity contribution in [3.8, 4) is 0 Å². The number of rotatable bonds is 4. The van der Waals surface area contributed by atoms with E-state index in [0.717, 1.165) is 24.6 Å². The summed E-state index contributed by atoms with van der Waals surface area (Å²) in [6, 6.07) is 0. The SMILES string of the molecule is O=C(CSC(=O)C1CC2C=CC1C2)ON1C(=O)CCC1=O. The monoisotopic (exact) mass is 309 g/mol. The molecule has 0 aromatic rings. The summed E-state index contributed by atoms with van der Waals surface area (Å²) in [5, 5.41) is 0.496. The summed E-state index contributed by atoms with van der Waals surface area (Å²) in [4.78, 5) is 51.0. The molecule has 1 saturated carbocycles. The van der Waals surface area contributed by atoms with Gasteiger partial charge in [0.25, 0.3) is 11.8 Å². The first kappa shape index (κ1) is 14.3. The van der Waals surface area contributed by atoms with Crippen molar-refractivity contribution in [1.29, 1.82) is 0 Å². The highest BCUT2D eigenvalue weighted by Gasteiger charge is 2.40. The van der Waals surface area contributed by atoms with E-state index in [0.29, 0.717) is 16.9 Å². The van der Waals surface area contributed by atoms with Crippen LogP contribution in [0.4, 0.5) is 0 Å². The minimum atomic E-state index is -0.740. The number of hydrogen-bond donors (Lipinski definition) is 0. The molecule has 2 fully saturated rings. The van der Waals surface area contributed by atoms with Gasteiger partial charge in [-0.25, -0.2) is 4.79 Å². The Bertz CT molecular complexity index is 527. The fourth-order valence-corrected chi connectivity index (χ4v) is 3.87. The Morgan fingerprint density at radius 2 is 1.90 bits per heavy atom. The van der Waals surface area contributed by atoms with Crippen LogP contribution in [0, 0.1) is 17.8 Å². The standard InChI is InChI=1S/C14H15NO5S/c16-11-3-4-12(17)15(11)20-13(18)7-21-14(19)10-6-8-1-2-9(10)5-8/h1-2,8-10H,3-7H2. The number of carbonyl (C=O) groups is 4. The van der Waals surface area contributed by atoms with E-state index >= 15 is 0 Å². The van der Waals surface area contributed by atoms with Gasteiger partial charge in [0.05, 0.1) is 0 Å². The van der Waals surface area contributed by atoms with Gasteiger partial charge in [-0.15, -0.1) is 5.06 Å². The molecule has 3 unspecified atom stereocenters. The Morgan fingerprint density at radius 3 is 2.48 bits per heavy atom. The van der Waals surface area contributed by atoms with E-state index in [1.807, 2.05) is 0 Å². The maximum Gasteiger partial charge on any atom is 0.343 e. The highest BCUT2D eigenvalue weighted by Crippen LogP contribution is 2.45. The summed E-state index contributed by atoms with van der Waals surface area (Å²) in [5.41, 5.74) is 0. The van der Waals surface area contributed by atoms with E-state index in [1.54, 1.807) is 0 Å². The van der Waals surface area contributed by atoms with Crippen LogP contribution in [0.2, 0.25) is 0 Å². The molecule has 2 bridgehead atoms. The molecule has 6 nitrogen and oxygen atoms in total. The summed E-state index contributed by atoms with van der Waals surface area (Å²) in [5.74, 6) is -1.16. The molecule has 7 heteroatoms. The number of fused-ring (bicyclic) bond motifs is 2. The number of carbonyl (C=O) groups excluding carboxylic acids is 4. The van der Waals surface area contributed by atoms with E-state index in [2.05, 4.69) is 12.2 Å². The molecule has 21 heavy (non-hydrogen) atoms. The Morgan fingerprint density at radius 1 is 1.19 bits per heavy atom. The van der Waals surface area contributed by atoms with Gasteiger partial charge in [0.15, 0.2) is 5.12 Å². The highest BCUT2D eigenvalue weighted by molar-refractivity contribution is 8.14. The zero-order chi connectivity index (χ0) is 15.0. The molecule has 1 heterocycles. The number of amides is 2. The molecule has 0 aromatic carbocycles. The number of allylic oxidation sites excluding steroid dienone is 2. The molecule has 1 aliphatic heterocycles. The fourth-order valence-electron chi connectivity index (χ4n) is 3.07. The van der Waals surface area contributed by atoms with Crippen molar-refractivity contribution in [3.05, 3.63) is 12.2 Å². The zero-order valence-corrected chi connectivity index (χ0v) is 12.1. The minimum Gasteiger partial charge on any atom is -0.329 e. The summed E-state index contributed by atoms with van der Waals surface area (Å²) < 4.78 is 0. The number of hydrogen-bond acceptors (Lipinski definition) is 6. The molecular weight excluding hydrogens is 294 g/mol. The van der Waals surface area contributed by atoms with Crippen LogP contribution in [0.25, 0.3) is 0 Å². The Balaban J connectivity index is 1.45. The normalized spacial score (nSPS) is 30.3. The third kappa shape index (κ3) is 2.88. The van der Waals surface area contributed by atoms with Crippen LogP contribution in [0.1, 0.15) is 25.7 Å². The van der Waals surface area contributed by atoms with Crippen LogP contribution in [0.15, 0.2) is 12.2 Å². The summed E-state index contributed by atoms with van der Waals surface area (Å²) in [6.07, 6.45) is 6.24. The van der Waals surface area contributed by atoms with Crippen molar-refractivity contribution < 1.29 is 24.0 Å². The second-order valence-corrected chi connectivity index (χ2v) is 6.52. The van der Waals surface area contributed by atoms with Crippen molar-refractivity contribution in [2.24, 2.45) is 17.8 Å². The second-order valence-electron chi connectivity index (χ2n) is 5.54. The maximum atomic E-state index is 12.1. The molecule has 0 aromatic heterocycles. The average molecular weight is 309 g/mol. The molecule has 3 aliphatic rings. The molecule has 2 amide bonds. The van der Waals surface area contributed by atoms with Crippen LogP contribution < -0.4 is 0 Å². The smallest absolute Gasteiger partial charge is 0.329 e. The van der Waals surface area contributed by atoms with E-state index in [-0.39, 0.29) is 29.6 Å². The van der Waals surface area contributed by atoms with E-state index in [1.165, 1.54) is 0 Å². The van der Waals surface area contributed by atoms with E-state index in [4.69, 9.17) is 4.84 Å². The molecule has 1 saturated heterocycles. The first-order valence-electron chi connectivity index (χ1n) is 6.96. The number of hydroxylamine groups is 2. The summed E-state index contributed by atoms with van der Waals surface area (Å²) in [6.45, 7) is 0. The average Bonchev–Trinajstić information content (AvgIpc) is 3.16. The lowest BCUT2D eigenvalue weighted by Crippen LogP contribution is -2.33. The van der Waals surface area contributed by atoms with Crippen LogP contribution in [0.3, 0.4) is 0 Å². The predicted octanol–water partition coefficient (Wildman–Crippen LogP) is 1.07. The molecule has 0 N–H and O–H groups in total. The quantitative estimate of drug-likeness (QED) is 0.571. The van der Waals surface area contributed by atoms with Crippen LogP contribution in [-0.2, 0) is 24.0 Å². The van der Waals surface area contributed by atoms with Gasteiger partial charge in [-0.2, -0.15) is 0 Å². The number of thioether (sulfide) groups is 1. The summed E-state index contributed by atoms with van der Waals surface area (Å²) in [7, 11) is 0. The zero-order valence-electron chi connectivity index (χ0n) is 11.3. The molecule has 3 rings (SSSR count). The van der Waals surface area contributed by atoms with Gasteiger partial charge in [-0.1, -0.05) is 23.9 Å². The third-order valence-electron chi connectivity index (χ3n) is 4.11. The molecule has 0 radical (unpaired) electrons. The predicted molar refractivity (Wildman–Crippen MR) is 73.5 cm³/mol. The fraction of sp³-hybridized carbons (Fsp3) is 0.571. The number of imide groups is 1. The minimum absolute atomic E-state index is 0.0112. The van der Waals surface area contributed by atoms with Gasteiger partial charge in [-0.05, 0) is 24.7 Å². The highest BCUT2D eigenvalue weighted by atomic mass is 32.2. The van der Waals surface area contributed by atoms with Crippen molar-refractivity contribution in [2.45, 2.75) is 25.7 Å². The first-order valence-corrected chi connectivity index (χ1v) is 7.94. The molecule has 112 valence electrons. The molecule has 0 spiro atoms. The number of nitrogens with zero attached hydrogens (tertiary/aromatic N) is 1. The van der Waals surface area contributed by atoms with Crippen molar-refractivity contribution in [1.82, 2.24) is 5.06 Å². The van der Waals surface area contributed by atoms with Crippen LogP contribution >= 0.6 is 11.8 Å². The van der Waals surface area contributed by atoms with E-state index in [9.17, 15) is 19.2 Å². The Labute approximate surface area is 125 Å². The lowest BCUT2D eigenvalue weighted by atomic mass is 9.95. The van der Waals surface area contributed by atoms with Gasteiger partial charge in [0.1, 0.15) is 5.75 Å². The second kappa shape index (κ2) is 5.63. The molecule has 2 aliphatic carbocycles. The Kier molecular flexibility index (Phi) is 3.84. The van der Waals surface area contributed by atoms with Crippen LogP contribution in [-0.4, -0.2) is 33.7 Å². The van der Waals surface area contributed by atoms with Crippen LogP contribution in [0.5, 0.6) is 0 Å². The van der Waals surface area contributed by atoms with Gasteiger partial charge in [0, 0.05) is 18.8 Å². The van der Waals surface area contributed by atoms with Gasteiger partial charge in [-0.3, -0.25) is 14.4 Å². The summed E-state index contributed by atoms with van der Waals surface area (Å²) >= 11 is 0.911. The first-order chi connectivity index (χ1) is 10.0.